The molecule has 0 radical (unpaired) electrons. The number of nitrogens with zero attached hydrogens (tertiary/aromatic N) is 1. The van der Waals surface area contributed by atoms with Gasteiger partial charge in [0.25, 0.3) is 0 Å². The topological polar surface area (TPSA) is 61.9 Å². The van der Waals surface area contributed by atoms with E-state index in [1.165, 1.54) is 38.5 Å². The number of nitrogens with one attached hydrogen (secondary N) is 2. The molecule has 1 aliphatic rings. The molecule has 1 aromatic heterocycles. The maximum absolute atomic E-state index is 11.3. The lowest BCUT2D eigenvalue weighted by Crippen LogP contribution is -2.41. The molecule has 0 unspecified atom stereocenters. The van der Waals surface area contributed by atoms with Crippen molar-refractivity contribution in [2.75, 3.05) is 0 Å². The van der Waals surface area contributed by atoms with Gasteiger partial charge in [-0.25, -0.2) is 4.79 Å². The first-order valence-corrected chi connectivity index (χ1v) is 6.07. The average Bonchev–Trinajstić information content (AvgIpc) is 2.51. The fourth-order valence-corrected chi connectivity index (χ4v) is 2.28. The second-order valence-corrected chi connectivity index (χ2v) is 4.56. The van der Waals surface area contributed by atoms with E-state index in [1.54, 1.807) is 11.7 Å². The Morgan fingerprint density at radius 2 is 2.06 bits per heavy atom. The van der Waals surface area contributed by atoms with Gasteiger partial charge in [0.1, 0.15) is 0 Å². The summed E-state index contributed by atoms with van der Waals surface area (Å²) < 4.78 is 6.33. The third-order valence-corrected chi connectivity index (χ3v) is 3.33. The van der Waals surface area contributed by atoms with Crippen LogP contribution in [0.4, 0.5) is 0 Å². The van der Waals surface area contributed by atoms with E-state index in [-0.39, 0.29) is 5.63 Å². The maximum atomic E-state index is 11.3. The van der Waals surface area contributed by atoms with Gasteiger partial charge < -0.3 is 5.32 Å². The van der Waals surface area contributed by atoms with Crippen LogP contribution in [0.25, 0.3) is 0 Å². The second kappa shape index (κ2) is 5.30. The monoisotopic (exact) mass is 226 g/mol. The summed E-state index contributed by atoms with van der Waals surface area (Å²) in [5.41, 5.74) is 0.382. The van der Waals surface area contributed by atoms with E-state index in [2.05, 4.69) is 10.6 Å². The number of aromatic amines is 1. The van der Waals surface area contributed by atoms with Gasteiger partial charge in [-0.3, -0.25) is 4.52 Å². The van der Waals surface area contributed by atoms with E-state index in [1.807, 2.05) is 0 Å². The number of aryl methyl sites for hydroxylation is 1. The summed E-state index contributed by atoms with van der Waals surface area (Å²) in [6, 6.07) is 0.553. The van der Waals surface area contributed by atoms with Gasteiger partial charge in [0.15, 0.2) is 7.05 Å². The highest BCUT2D eigenvalue weighted by atomic mass is 16.5. The molecule has 0 saturated heterocycles. The Labute approximate surface area is 94.8 Å². The Balaban J connectivity index is 1.89. The van der Waals surface area contributed by atoms with Crippen molar-refractivity contribution < 1.29 is 9.20 Å². The first-order chi connectivity index (χ1) is 7.77. The molecule has 1 fully saturated rings. The van der Waals surface area contributed by atoms with Crippen molar-refractivity contribution in [2.24, 2.45) is 7.05 Å². The zero-order valence-corrected chi connectivity index (χ0v) is 9.79. The Morgan fingerprint density at radius 3 is 2.62 bits per heavy atom. The quantitative estimate of drug-likeness (QED) is 0.586. The lowest BCUT2D eigenvalue weighted by atomic mass is 10.1. The standard InChI is InChI=1S/C11H19N3O2/c1-14-10(11(15)16-13-14)8-12-9-6-4-2-3-5-7-9/h9,12H,2-8H2,1H3/p+1. The van der Waals surface area contributed by atoms with Gasteiger partial charge in [0, 0.05) is 6.04 Å². The minimum absolute atomic E-state index is 0.274. The Kier molecular flexibility index (Phi) is 3.77. The first kappa shape index (κ1) is 11.4. The summed E-state index contributed by atoms with van der Waals surface area (Å²) in [6.45, 7) is 0.590. The second-order valence-electron chi connectivity index (χ2n) is 4.56. The van der Waals surface area contributed by atoms with Crippen molar-refractivity contribution in [3.63, 3.8) is 0 Å². The van der Waals surface area contributed by atoms with Crippen LogP contribution >= 0.6 is 0 Å². The third-order valence-electron chi connectivity index (χ3n) is 3.33. The highest BCUT2D eigenvalue weighted by Gasteiger charge is 2.19. The number of aromatic nitrogens is 2. The zero-order valence-electron chi connectivity index (χ0n) is 9.79. The molecule has 0 aliphatic heterocycles. The Hall–Kier alpha value is -1.10. The fraction of sp³-hybridized carbons (Fsp3) is 0.818. The smallest absolute Gasteiger partial charge is 0.304 e. The van der Waals surface area contributed by atoms with Crippen LogP contribution in [0, 0.1) is 0 Å². The summed E-state index contributed by atoms with van der Waals surface area (Å²) >= 11 is 0. The molecule has 5 heteroatoms. The van der Waals surface area contributed by atoms with Gasteiger partial charge in [0.2, 0.25) is 0 Å². The normalized spacial score (nSPS) is 18.6. The van der Waals surface area contributed by atoms with Gasteiger partial charge in [-0.05, 0) is 18.1 Å². The first-order valence-electron chi connectivity index (χ1n) is 6.07. The highest BCUT2D eigenvalue weighted by Crippen LogP contribution is 2.17. The van der Waals surface area contributed by atoms with Crippen LogP contribution in [-0.2, 0) is 13.6 Å². The molecule has 1 saturated carbocycles. The number of H-pyrrole nitrogens is 1. The fourth-order valence-electron chi connectivity index (χ4n) is 2.28. The summed E-state index contributed by atoms with van der Waals surface area (Å²) in [6.07, 6.45) is 7.73. The lowest BCUT2D eigenvalue weighted by molar-refractivity contribution is -0.746. The minimum atomic E-state index is -0.274. The van der Waals surface area contributed by atoms with Crippen LogP contribution in [0.1, 0.15) is 44.2 Å². The number of hydrogen-bond donors (Lipinski definition) is 2. The Bertz CT molecular complexity index is 375. The zero-order chi connectivity index (χ0) is 11.4. The number of rotatable bonds is 3. The molecular formula is C11H20N3O2+. The van der Waals surface area contributed by atoms with Crippen molar-refractivity contribution >= 4 is 0 Å². The van der Waals surface area contributed by atoms with E-state index >= 15 is 0 Å². The van der Waals surface area contributed by atoms with Crippen LogP contribution in [-0.4, -0.2) is 11.3 Å². The molecular weight excluding hydrogens is 206 g/mol. The molecule has 1 aliphatic carbocycles. The average molecular weight is 226 g/mol. The lowest BCUT2D eigenvalue weighted by Gasteiger charge is -2.13. The maximum Gasteiger partial charge on any atom is 0.431 e. The molecule has 1 aromatic rings. The van der Waals surface area contributed by atoms with Crippen molar-refractivity contribution in [1.82, 2.24) is 10.6 Å². The SMILES string of the molecule is C[n+]1[nH]oc(=O)c1CNC1CCCCCC1. The van der Waals surface area contributed by atoms with Crippen LogP contribution in [0.15, 0.2) is 9.32 Å². The third kappa shape index (κ3) is 2.72. The van der Waals surface area contributed by atoms with E-state index in [9.17, 15) is 4.79 Å². The van der Waals surface area contributed by atoms with Crippen LogP contribution in [0.2, 0.25) is 0 Å². The van der Waals surface area contributed by atoms with E-state index in [0.717, 1.165) is 0 Å². The number of hydrogen-bond acceptors (Lipinski definition) is 3. The van der Waals surface area contributed by atoms with Gasteiger partial charge in [-0.1, -0.05) is 30.4 Å². The van der Waals surface area contributed by atoms with Crippen LogP contribution in [0.3, 0.4) is 0 Å². The van der Waals surface area contributed by atoms with Gasteiger partial charge in [-0.15, -0.1) is 0 Å². The summed E-state index contributed by atoms with van der Waals surface area (Å²) in [4.78, 5) is 11.3. The minimum Gasteiger partial charge on any atom is -0.304 e. The van der Waals surface area contributed by atoms with Gasteiger partial charge in [0.05, 0.1) is 6.54 Å². The predicted octanol–water partition coefficient (Wildman–Crippen LogP) is 0.605. The molecule has 0 amide bonds. The summed E-state index contributed by atoms with van der Waals surface area (Å²) in [5, 5.41) is 5.97. The molecule has 5 nitrogen and oxygen atoms in total. The largest absolute Gasteiger partial charge is 0.431 e. The van der Waals surface area contributed by atoms with E-state index in [0.29, 0.717) is 18.3 Å². The van der Waals surface area contributed by atoms with E-state index < -0.39 is 0 Å². The van der Waals surface area contributed by atoms with Crippen molar-refractivity contribution in [2.45, 2.75) is 51.1 Å². The van der Waals surface area contributed by atoms with Crippen LogP contribution < -0.4 is 15.6 Å². The molecule has 16 heavy (non-hydrogen) atoms. The summed E-state index contributed by atoms with van der Waals surface area (Å²) in [5.74, 6) is 0. The molecule has 90 valence electrons. The molecule has 1 heterocycles. The van der Waals surface area contributed by atoms with Crippen LogP contribution in [0.5, 0.6) is 0 Å². The molecule has 0 spiro atoms. The van der Waals surface area contributed by atoms with Crippen molar-refractivity contribution in [1.29, 1.82) is 0 Å². The molecule has 0 bridgehead atoms. The van der Waals surface area contributed by atoms with E-state index in [4.69, 9.17) is 4.52 Å². The highest BCUT2D eigenvalue weighted by molar-refractivity contribution is 4.83. The van der Waals surface area contributed by atoms with Gasteiger partial charge in [-0.2, -0.15) is 0 Å². The van der Waals surface area contributed by atoms with Crippen molar-refractivity contribution in [3.05, 3.63) is 16.1 Å². The van der Waals surface area contributed by atoms with Crippen molar-refractivity contribution in [3.8, 4) is 0 Å². The molecule has 0 aromatic carbocycles. The molecule has 0 atom stereocenters. The van der Waals surface area contributed by atoms with Gasteiger partial charge >= 0.3 is 11.3 Å². The molecule has 2 rings (SSSR count). The Morgan fingerprint density at radius 1 is 1.38 bits per heavy atom. The summed E-state index contributed by atoms with van der Waals surface area (Å²) in [7, 11) is 1.79. The molecule has 2 N–H and O–H groups in total. The predicted molar refractivity (Wildman–Crippen MR) is 58.8 cm³/mol.